The van der Waals surface area contributed by atoms with Crippen LogP contribution in [-0.2, 0) is 14.3 Å². The molecule has 2 heterocycles. The number of hydrogen-bond donors (Lipinski definition) is 1. The van der Waals surface area contributed by atoms with Crippen LogP contribution in [0.4, 0.5) is 5.69 Å². The Morgan fingerprint density at radius 1 is 1.00 bits per heavy atom. The molecule has 2 aliphatic carbocycles. The number of nitrogens with zero attached hydrogens (tertiary/aromatic N) is 1. The van der Waals surface area contributed by atoms with Crippen molar-refractivity contribution in [2.24, 2.45) is 23.7 Å². The molecule has 5 rings (SSSR count). The number of fused-ring (bicyclic) bond motifs is 1. The zero-order valence-corrected chi connectivity index (χ0v) is 15.9. The molecular formula is C22H26N2O4. The van der Waals surface area contributed by atoms with Crippen LogP contribution >= 0.6 is 0 Å². The van der Waals surface area contributed by atoms with E-state index in [1.807, 2.05) is 4.90 Å². The lowest BCUT2D eigenvalue weighted by Crippen LogP contribution is -2.35. The molecule has 28 heavy (non-hydrogen) atoms. The topological polar surface area (TPSA) is 75.7 Å². The minimum Gasteiger partial charge on any atom is -0.462 e. The molecule has 0 radical (unpaired) electrons. The van der Waals surface area contributed by atoms with Gasteiger partial charge in [-0.15, -0.1) is 0 Å². The van der Waals surface area contributed by atoms with E-state index in [9.17, 15) is 14.4 Å². The van der Waals surface area contributed by atoms with Crippen molar-refractivity contribution in [1.29, 1.82) is 0 Å². The molecule has 0 spiro atoms. The Kier molecular flexibility index (Phi) is 4.37. The second kappa shape index (κ2) is 6.90. The van der Waals surface area contributed by atoms with Crippen molar-refractivity contribution in [2.75, 3.05) is 18.4 Å². The van der Waals surface area contributed by atoms with Gasteiger partial charge in [0.2, 0.25) is 5.91 Å². The predicted octanol–water partition coefficient (Wildman–Crippen LogP) is 2.84. The van der Waals surface area contributed by atoms with Gasteiger partial charge in [0.25, 0.3) is 5.91 Å². The van der Waals surface area contributed by atoms with Crippen molar-refractivity contribution in [2.45, 2.75) is 44.6 Å². The fraction of sp³-hybridized carbons (Fsp3) is 0.591. The Morgan fingerprint density at radius 3 is 2.43 bits per heavy atom. The molecule has 6 nitrogen and oxygen atoms in total. The van der Waals surface area contributed by atoms with Crippen LogP contribution in [0.1, 0.15) is 48.9 Å². The minimum atomic E-state index is -0.283. The normalized spacial score (nSPS) is 33.5. The first kappa shape index (κ1) is 17.7. The summed E-state index contributed by atoms with van der Waals surface area (Å²) in [5.41, 5.74) is 1.32. The predicted molar refractivity (Wildman–Crippen MR) is 103 cm³/mol. The zero-order chi connectivity index (χ0) is 19.3. The van der Waals surface area contributed by atoms with Crippen LogP contribution in [0.3, 0.4) is 0 Å². The molecule has 2 saturated carbocycles. The molecule has 2 aliphatic heterocycles. The van der Waals surface area contributed by atoms with E-state index >= 15 is 0 Å². The Hall–Kier alpha value is -2.37. The third-order valence-electron chi connectivity index (χ3n) is 7.08. The third kappa shape index (κ3) is 2.90. The van der Waals surface area contributed by atoms with Gasteiger partial charge in [0.05, 0.1) is 11.8 Å². The average Bonchev–Trinajstić information content (AvgIpc) is 3.21. The maximum Gasteiger partial charge on any atom is 0.310 e. The molecule has 5 atom stereocenters. The molecule has 0 aromatic heterocycles. The van der Waals surface area contributed by atoms with E-state index in [1.54, 1.807) is 24.3 Å². The van der Waals surface area contributed by atoms with Crippen LogP contribution in [0.5, 0.6) is 0 Å². The van der Waals surface area contributed by atoms with E-state index in [-0.39, 0.29) is 47.6 Å². The highest BCUT2D eigenvalue weighted by molar-refractivity contribution is 5.98. The Balaban J connectivity index is 1.25. The molecule has 4 aliphatic rings. The van der Waals surface area contributed by atoms with Gasteiger partial charge in [-0.3, -0.25) is 14.4 Å². The van der Waals surface area contributed by atoms with Crippen molar-refractivity contribution >= 4 is 23.5 Å². The van der Waals surface area contributed by atoms with Gasteiger partial charge in [0.1, 0.15) is 6.10 Å². The summed E-state index contributed by atoms with van der Waals surface area (Å²) in [6.07, 6.45) is 6.27. The fourth-order valence-electron chi connectivity index (χ4n) is 5.74. The maximum atomic E-state index is 12.8. The molecular weight excluding hydrogens is 356 g/mol. The lowest BCUT2D eigenvalue weighted by Gasteiger charge is -2.23. The molecule has 148 valence electrons. The van der Waals surface area contributed by atoms with Crippen molar-refractivity contribution < 1.29 is 19.1 Å². The van der Waals surface area contributed by atoms with Crippen LogP contribution < -0.4 is 5.32 Å². The lowest BCUT2D eigenvalue weighted by molar-refractivity contribution is -0.145. The molecule has 2 bridgehead atoms. The van der Waals surface area contributed by atoms with Crippen molar-refractivity contribution in [3.63, 3.8) is 0 Å². The van der Waals surface area contributed by atoms with Crippen molar-refractivity contribution in [1.82, 2.24) is 4.90 Å². The molecule has 1 aromatic carbocycles. The number of nitrogens with one attached hydrogen (secondary N) is 1. The van der Waals surface area contributed by atoms with Gasteiger partial charge in [0, 0.05) is 30.3 Å². The summed E-state index contributed by atoms with van der Waals surface area (Å²) in [6.45, 7) is 1.64. The number of carbonyl (C=O) groups is 3. The number of hydrogen-bond acceptors (Lipinski definition) is 4. The number of benzene rings is 1. The van der Waals surface area contributed by atoms with E-state index < -0.39 is 0 Å². The smallest absolute Gasteiger partial charge is 0.310 e. The summed E-state index contributed by atoms with van der Waals surface area (Å²) in [5, 5.41) is 2.96. The Labute approximate surface area is 164 Å². The largest absolute Gasteiger partial charge is 0.462 e. The summed E-state index contributed by atoms with van der Waals surface area (Å²) in [6, 6.07) is 7.13. The Bertz CT molecular complexity index is 795. The van der Waals surface area contributed by atoms with E-state index in [2.05, 4.69) is 5.32 Å². The monoisotopic (exact) mass is 382 g/mol. The minimum absolute atomic E-state index is 0.0378. The first-order valence-corrected chi connectivity index (χ1v) is 10.5. The number of carbonyl (C=O) groups excluding carboxylic acids is 3. The summed E-state index contributed by atoms with van der Waals surface area (Å²) < 4.78 is 5.42. The molecule has 2 amide bonds. The highest BCUT2D eigenvalue weighted by Crippen LogP contribution is 2.57. The van der Waals surface area contributed by atoms with Crippen molar-refractivity contribution in [3.05, 3.63) is 29.8 Å². The van der Waals surface area contributed by atoms with Gasteiger partial charge in [-0.1, -0.05) is 12.8 Å². The molecule has 6 heteroatoms. The first-order valence-electron chi connectivity index (χ1n) is 10.5. The van der Waals surface area contributed by atoms with Gasteiger partial charge in [-0.05, 0) is 55.9 Å². The van der Waals surface area contributed by atoms with Crippen LogP contribution in [0.2, 0.25) is 0 Å². The summed E-state index contributed by atoms with van der Waals surface area (Å²) in [4.78, 5) is 39.6. The fourth-order valence-corrected chi connectivity index (χ4v) is 5.74. The van der Waals surface area contributed by atoms with Gasteiger partial charge >= 0.3 is 5.97 Å². The second-order valence-corrected chi connectivity index (χ2v) is 8.70. The van der Waals surface area contributed by atoms with E-state index in [4.69, 9.17) is 4.74 Å². The highest BCUT2D eigenvalue weighted by Gasteiger charge is 2.63. The second-order valence-electron chi connectivity index (χ2n) is 8.70. The summed E-state index contributed by atoms with van der Waals surface area (Å²) in [7, 11) is 0. The quantitative estimate of drug-likeness (QED) is 0.816. The zero-order valence-electron chi connectivity index (χ0n) is 15.9. The van der Waals surface area contributed by atoms with Crippen LogP contribution in [0.15, 0.2) is 24.3 Å². The number of likely N-dealkylation sites (tertiary alicyclic amines) is 1. The van der Waals surface area contributed by atoms with E-state index in [0.29, 0.717) is 11.3 Å². The number of anilines is 1. The molecule has 1 aromatic rings. The average molecular weight is 382 g/mol. The van der Waals surface area contributed by atoms with Crippen molar-refractivity contribution in [3.8, 4) is 0 Å². The first-order chi connectivity index (χ1) is 13.6. The number of ether oxygens (including phenoxy) is 1. The molecule has 2 saturated heterocycles. The maximum absolute atomic E-state index is 12.8. The highest BCUT2D eigenvalue weighted by atomic mass is 16.6. The van der Waals surface area contributed by atoms with Gasteiger partial charge in [0.15, 0.2) is 0 Å². The summed E-state index contributed by atoms with van der Waals surface area (Å²) in [5.74, 6) is -0.318. The van der Waals surface area contributed by atoms with E-state index in [0.717, 1.165) is 38.8 Å². The SMILES string of the molecule is O=C(Nc1ccc(C(=O)N2CCCCCC2)cc1)[C@@H]1[C@@H]2C[C@@H]3[C@H]1C(=O)O[C@H]3C2. The standard InChI is InChI=1S/C22H26N2O4/c25-20(18-14-11-16-17(12-14)28-22(27)19(16)18)23-15-7-5-13(6-8-15)21(26)24-9-3-1-2-4-10-24/h5-8,14,16-19H,1-4,9-12H2,(H,23,25)/t14-,16+,17+,18-,19-/m1/s1. The van der Waals surface area contributed by atoms with Crippen LogP contribution in [-0.4, -0.2) is 41.9 Å². The van der Waals surface area contributed by atoms with Gasteiger partial charge in [-0.2, -0.15) is 0 Å². The molecule has 0 unspecified atom stereocenters. The van der Waals surface area contributed by atoms with Crippen LogP contribution in [0.25, 0.3) is 0 Å². The molecule has 4 fully saturated rings. The van der Waals surface area contributed by atoms with Gasteiger partial charge < -0.3 is 15.0 Å². The number of amides is 2. The van der Waals surface area contributed by atoms with Gasteiger partial charge in [-0.25, -0.2) is 0 Å². The van der Waals surface area contributed by atoms with E-state index in [1.165, 1.54) is 12.8 Å². The lowest BCUT2D eigenvalue weighted by atomic mass is 9.79. The number of rotatable bonds is 3. The number of esters is 1. The van der Waals surface area contributed by atoms with Crippen LogP contribution in [0, 0.1) is 23.7 Å². The molecule has 1 N–H and O–H groups in total. The Morgan fingerprint density at radius 2 is 1.71 bits per heavy atom. The summed E-state index contributed by atoms with van der Waals surface area (Å²) >= 11 is 0. The third-order valence-corrected chi connectivity index (χ3v) is 7.08.